The van der Waals surface area contributed by atoms with Crippen LogP contribution in [0.3, 0.4) is 0 Å². The summed E-state index contributed by atoms with van der Waals surface area (Å²) in [6.45, 7) is 2.19. The Bertz CT molecular complexity index is 639. The molecule has 0 saturated heterocycles. The lowest BCUT2D eigenvalue weighted by Crippen LogP contribution is -2.07. The Morgan fingerprint density at radius 2 is 1.64 bits per heavy atom. The molecule has 1 atom stereocenters. The average molecular weight is 296 g/mol. The zero-order valence-electron chi connectivity index (χ0n) is 12.7. The Morgan fingerprint density at radius 1 is 1.09 bits per heavy atom. The number of aromatic hydroxyl groups is 1. The lowest BCUT2D eigenvalue weighted by Gasteiger charge is -2.18. The molecule has 0 heterocycles. The second-order valence-corrected chi connectivity index (χ2v) is 5.75. The predicted molar refractivity (Wildman–Crippen MR) is 85.1 cm³/mol. The number of carbonyl (C=O) groups is 1. The van der Waals surface area contributed by atoms with Gasteiger partial charge in [0.15, 0.2) is 0 Å². The SMILES string of the molecule is CCOC(=O)c1ccc([C@H](c2ccc(O)cc2)C2CC2)cc1. The van der Waals surface area contributed by atoms with Crippen LogP contribution in [0.1, 0.15) is 47.2 Å². The van der Waals surface area contributed by atoms with E-state index in [4.69, 9.17) is 4.74 Å². The quantitative estimate of drug-likeness (QED) is 0.845. The van der Waals surface area contributed by atoms with E-state index in [1.807, 2.05) is 36.4 Å². The summed E-state index contributed by atoms with van der Waals surface area (Å²) in [5, 5.41) is 9.46. The molecule has 0 aliphatic heterocycles. The van der Waals surface area contributed by atoms with Crippen molar-refractivity contribution >= 4 is 5.97 Å². The molecule has 0 amide bonds. The number of rotatable bonds is 5. The van der Waals surface area contributed by atoms with Crippen LogP contribution in [0.4, 0.5) is 0 Å². The number of ether oxygens (including phenoxy) is 1. The van der Waals surface area contributed by atoms with Crippen molar-refractivity contribution in [3.05, 3.63) is 65.2 Å². The van der Waals surface area contributed by atoms with Gasteiger partial charge in [0, 0.05) is 5.92 Å². The lowest BCUT2D eigenvalue weighted by atomic mass is 9.87. The van der Waals surface area contributed by atoms with Gasteiger partial charge in [-0.25, -0.2) is 4.79 Å². The van der Waals surface area contributed by atoms with Crippen molar-refractivity contribution in [3.63, 3.8) is 0 Å². The highest BCUT2D eigenvalue weighted by Crippen LogP contribution is 2.46. The van der Waals surface area contributed by atoms with Gasteiger partial charge in [-0.15, -0.1) is 0 Å². The van der Waals surface area contributed by atoms with Crippen molar-refractivity contribution < 1.29 is 14.6 Å². The Labute approximate surface area is 130 Å². The van der Waals surface area contributed by atoms with Gasteiger partial charge >= 0.3 is 5.97 Å². The van der Waals surface area contributed by atoms with Crippen LogP contribution >= 0.6 is 0 Å². The molecule has 1 aliphatic carbocycles. The number of carbonyl (C=O) groups excluding carboxylic acids is 1. The zero-order chi connectivity index (χ0) is 15.5. The molecule has 1 N–H and O–H groups in total. The van der Waals surface area contributed by atoms with Gasteiger partial charge in [-0.3, -0.25) is 0 Å². The van der Waals surface area contributed by atoms with Gasteiger partial charge in [0.2, 0.25) is 0 Å². The van der Waals surface area contributed by atoms with Gasteiger partial charge in [0.25, 0.3) is 0 Å². The summed E-state index contributed by atoms with van der Waals surface area (Å²) in [6, 6.07) is 15.1. The highest BCUT2D eigenvalue weighted by atomic mass is 16.5. The number of phenolic OH excluding ortho intramolecular Hbond substituents is 1. The van der Waals surface area contributed by atoms with Gasteiger partial charge < -0.3 is 9.84 Å². The van der Waals surface area contributed by atoms with E-state index in [0.29, 0.717) is 24.0 Å². The van der Waals surface area contributed by atoms with E-state index in [-0.39, 0.29) is 11.7 Å². The van der Waals surface area contributed by atoms with Gasteiger partial charge in [-0.1, -0.05) is 24.3 Å². The molecule has 1 aliphatic rings. The summed E-state index contributed by atoms with van der Waals surface area (Å²) in [7, 11) is 0. The molecule has 0 spiro atoms. The van der Waals surface area contributed by atoms with Gasteiger partial charge in [-0.05, 0) is 61.1 Å². The topological polar surface area (TPSA) is 46.5 Å². The third kappa shape index (κ3) is 3.14. The maximum Gasteiger partial charge on any atom is 0.338 e. The number of hydrogen-bond acceptors (Lipinski definition) is 3. The highest BCUT2D eigenvalue weighted by molar-refractivity contribution is 5.89. The predicted octanol–water partition coefficient (Wildman–Crippen LogP) is 4.11. The molecule has 3 nitrogen and oxygen atoms in total. The Balaban J connectivity index is 1.86. The molecule has 1 fully saturated rings. The molecule has 2 aromatic rings. The van der Waals surface area contributed by atoms with Crippen LogP contribution in [0.2, 0.25) is 0 Å². The standard InChI is InChI=1S/C19H20O3/c1-2-22-19(21)16-7-5-14(6-8-16)18(13-3-4-13)15-9-11-17(20)12-10-15/h5-13,18,20H,2-4H2,1H3/t18-/m1/s1. The van der Waals surface area contributed by atoms with E-state index in [2.05, 4.69) is 0 Å². The summed E-state index contributed by atoms with van der Waals surface area (Å²) in [6.07, 6.45) is 2.45. The number of hydrogen-bond donors (Lipinski definition) is 1. The van der Waals surface area contributed by atoms with E-state index < -0.39 is 0 Å². The second kappa shape index (κ2) is 6.22. The fourth-order valence-corrected chi connectivity index (χ4v) is 2.89. The van der Waals surface area contributed by atoms with Crippen molar-refractivity contribution in [1.82, 2.24) is 0 Å². The first-order chi connectivity index (χ1) is 10.7. The molecular weight excluding hydrogens is 276 g/mol. The molecule has 0 bridgehead atoms. The molecule has 2 aromatic carbocycles. The molecule has 0 aromatic heterocycles. The minimum atomic E-state index is -0.276. The monoisotopic (exact) mass is 296 g/mol. The summed E-state index contributed by atoms with van der Waals surface area (Å²) >= 11 is 0. The van der Waals surface area contributed by atoms with E-state index in [1.165, 1.54) is 24.0 Å². The molecule has 3 rings (SSSR count). The third-order valence-electron chi connectivity index (χ3n) is 4.13. The first kappa shape index (κ1) is 14.6. The van der Waals surface area contributed by atoms with Crippen LogP contribution in [0.15, 0.2) is 48.5 Å². The zero-order valence-corrected chi connectivity index (χ0v) is 12.7. The minimum absolute atomic E-state index is 0.276. The number of benzene rings is 2. The average Bonchev–Trinajstić information content (AvgIpc) is 3.35. The summed E-state index contributed by atoms with van der Waals surface area (Å²) in [4.78, 5) is 11.7. The first-order valence-electron chi connectivity index (χ1n) is 7.75. The van der Waals surface area contributed by atoms with Crippen molar-refractivity contribution in [1.29, 1.82) is 0 Å². The fraction of sp³-hybridized carbons (Fsp3) is 0.316. The molecule has 0 radical (unpaired) electrons. The molecule has 0 unspecified atom stereocenters. The maximum absolute atomic E-state index is 11.7. The summed E-state index contributed by atoms with van der Waals surface area (Å²) in [5.41, 5.74) is 3.01. The van der Waals surface area contributed by atoms with Crippen LogP contribution < -0.4 is 0 Å². The van der Waals surface area contributed by atoms with Crippen LogP contribution in [0, 0.1) is 5.92 Å². The van der Waals surface area contributed by atoms with E-state index in [0.717, 1.165) is 0 Å². The smallest absolute Gasteiger partial charge is 0.338 e. The molecule has 1 saturated carbocycles. The second-order valence-electron chi connectivity index (χ2n) is 5.75. The largest absolute Gasteiger partial charge is 0.508 e. The van der Waals surface area contributed by atoms with E-state index in [9.17, 15) is 9.90 Å². The van der Waals surface area contributed by atoms with Gasteiger partial charge in [0.05, 0.1) is 12.2 Å². The van der Waals surface area contributed by atoms with E-state index in [1.54, 1.807) is 19.1 Å². The Hall–Kier alpha value is -2.29. The molecular formula is C19H20O3. The first-order valence-corrected chi connectivity index (χ1v) is 7.75. The third-order valence-corrected chi connectivity index (χ3v) is 4.13. The highest BCUT2D eigenvalue weighted by Gasteiger charge is 2.33. The van der Waals surface area contributed by atoms with Crippen LogP contribution in [-0.2, 0) is 4.74 Å². The van der Waals surface area contributed by atoms with Gasteiger partial charge in [-0.2, -0.15) is 0 Å². The van der Waals surface area contributed by atoms with Crippen molar-refractivity contribution in [2.45, 2.75) is 25.7 Å². The van der Waals surface area contributed by atoms with Crippen molar-refractivity contribution in [2.75, 3.05) is 6.61 Å². The number of phenols is 1. The van der Waals surface area contributed by atoms with Gasteiger partial charge in [0.1, 0.15) is 5.75 Å². The van der Waals surface area contributed by atoms with Crippen LogP contribution in [0.25, 0.3) is 0 Å². The van der Waals surface area contributed by atoms with Crippen LogP contribution in [0.5, 0.6) is 5.75 Å². The van der Waals surface area contributed by atoms with Crippen molar-refractivity contribution in [2.24, 2.45) is 5.92 Å². The normalized spacial score (nSPS) is 15.3. The summed E-state index contributed by atoms with van der Waals surface area (Å²) < 4.78 is 5.02. The summed E-state index contributed by atoms with van der Waals surface area (Å²) in [5.74, 6) is 0.993. The van der Waals surface area contributed by atoms with E-state index >= 15 is 0 Å². The lowest BCUT2D eigenvalue weighted by molar-refractivity contribution is 0.0526. The molecule has 114 valence electrons. The van der Waals surface area contributed by atoms with Crippen LogP contribution in [-0.4, -0.2) is 17.7 Å². The Kier molecular flexibility index (Phi) is 4.14. The minimum Gasteiger partial charge on any atom is -0.508 e. The maximum atomic E-state index is 11.7. The molecule has 3 heteroatoms. The Morgan fingerprint density at radius 3 is 2.14 bits per heavy atom. The molecule has 22 heavy (non-hydrogen) atoms. The fourth-order valence-electron chi connectivity index (χ4n) is 2.89. The van der Waals surface area contributed by atoms with Crippen molar-refractivity contribution in [3.8, 4) is 5.75 Å². The number of esters is 1.